The lowest BCUT2D eigenvalue weighted by molar-refractivity contribution is -0.120. The predicted molar refractivity (Wildman–Crippen MR) is 73.8 cm³/mol. The maximum absolute atomic E-state index is 13.4. The number of hydrogen-bond donors (Lipinski definition) is 1. The zero-order valence-electron chi connectivity index (χ0n) is 11.1. The van der Waals surface area contributed by atoms with Crippen molar-refractivity contribution in [2.24, 2.45) is 0 Å². The Morgan fingerprint density at radius 1 is 0.905 bits per heavy atom. The molecule has 0 unspecified atom stereocenters. The molecular weight excluding hydrogens is 276 g/mol. The molecule has 108 valence electrons. The van der Waals surface area contributed by atoms with E-state index in [0.717, 1.165) is 12.1 Å². The van der Waals surface area contributed by atoms with Crippen LogP contribution in [-0.4, -0.2) is 18.2 Å². The Bertz CT molecular complexity index is 636. The first-order valence-corrected chi connectivity index (χ1v) is 6.36. The van der Waals surface area contributed by atoms with Gasteiger partial charge in [-0.1, -0.05) is 36.4 Å². The number of hydrogen-bond acceptors (Lipinski definition) is 2. The SMILES string of the molecule is O=C(Cc1c(F)cccc1F)NCC(=O)c1ccccc1. The molecule has 3 nitrogen and oxygen atoms in total. The summed E-state index contributed by atoms with van der Waals surface area (Å²) in [4.78, 5) is 23.4. The van der Waals surface area contributed by atoms with Crippen LogP contribution in [0.15, 0.2) is 48.5 Å². The Balaban J connectivity index is 1.92. The molecule has 21 heavy (non-hydrogen) atoms. The van der Waals surface area contributed by atoms with Crippen molar-refractivity contribution in [3.63, 3.8) is 0 Å². The quantitative estimate of drug-likeness (QED) is 0.860. The Labute approximate surface area is 120 Å². The van der Waals surface area contributed by atoms with Gasteiger partial charge in [-0.3, -0.25) is 9.59 Å². The normalized spacial score (nSPS) is 10.2. The summed E-state index contributed by atoms with van der Waals surface area (Å²) < 4.78 is 26.8. The van der Waals surface area contributed by atoms with E-state index >= 15 is 0 Å². The van der Waals surface area contributed by atoms with Crippen molar-refractivity contribution in [2.75, 3.05) is 6.54 Å². The predicted octanol–water partition coefficient (Wildman–Crippen LogP) is 2.51. The molecule has 0 saturated carbocycles. The summed E-state index contributed by atoms with van der Waals surface area (Å²) in [5, 5.41) is 2.36. The summed E-state index contributed by atoms with van der Waals surface area (Å²) in [6, 6.07) is 11.9. The van der Waals surface area contributed by atoms with Gasteiger partial charge in [-0.25, -0.2) is 8.78 Å². The van der Waals surface area contributed by atoms with Crippen LogP contribution in [0.2, 0.25) is 0 Å². The van der Waals surface area contributed by atoms with E-state index in [4.69, 9.17) is 0 Å². The maximum atomic E-state index is 13.4. The summed E-state index contributed by atoms with van der Waals surface area (Å²) in [5.41, 5.74) is 0.164. The Hall–Kier alpha value is -2.56. The fourth-order valence-corrected chi connectivity index (χ4v) is 1.83. The van der Waals surface area contributed by atoms with Crippen molar-refractivity contribution in [3.8, 4) is 0 Å². The van der Waals surface area contributed by atoms with Gasteiger partial charge in [0.1, 0.15) is 11.6 Å². The molecule has 0 atom stereocenters. The molecule has 2 aromatic rings. The van der Waals surface area contributed by atoms with Crippen LogP contribution in [0.25, 0.3) is 0 Å². The van der Waals surface area contributed by atoms with Gasteiger partial charge in [-0.15, -0.1) is 0 Å². The molecule has 0 aromatic heterocycles. The summed E-state index contributed by atoms with van der Waals surface area (Å²) >= 11 is 0. The molecule has 0 aliphatic heterocycles. The summed E-state index contributed by atoms with van der Waals surface area (Å²) in [6.07, 6.45) is -0.444. The largest absolute Gasteiger partial charge is 0.348 e. The van der Waals surface area contributed by atoms with E-state index in [1.54, 1.807) is 30.3 Å². The molecule has 1 N–H and O–H groups in total. The van der Waals surface area contributed by atoms with Gasteiger partial charge < -0.3 is 5.32 Å². The van der Waals surface area contributed by atoms with Crippen LogP contribution in [0.4, 0.5) is 8.78 Å². The average Bonchev–Trinajstić information content (AvgIpc) is 2.49. The molecule has 1 amide bonds. The molecule has 0 radical (unpaired) electrons. The third kappa shape index (κ3) is 3.95. The van der Waals surface area contributed by atoms with Gasteiger partial charge in [-0.05, 0) is 12.1 Å². The first kappa shape index (κ1) is 14.8. The van der Waals surface area contributed by atoms with E-state index in [1.807, 2.05) is 0 Å². The van der Waals surface area contributed by atoms with E-state index in [9.17, 15) is 18.4 Å². The topological polar surface area (TPSA) is 46.2 Å². The molecule has 5 heteroatoms. The summed E-state index contributed by atoms with van der Waals surface area (Å²) in [7, 11) is 0. The van der Waals surface area contributed by atoms with E-state index in [1.165, 1.54) is 6.07 Å². The first-order valence-electron chi connectivity index (χ1n) is 6.36. The molecule has 0 aliphatic carbocycles. The molecule has 0 saturated heterocycles. The van der Waals surface area contributed by atoms with Crippen molar-refractivity contribution in [3.05, 3.63) is 71.3 Å². The van der Waals surface area contributed by atoms with Gasteiger partial charge in [-0.2, -0.15) is 0 Å². The van der Waals surface area contributed by atoms with E-state index in [0.29, 0.717) is 5.56 Å². The molecule has 2 aromatic carbocycles. The number of ketones is 1. The summed E-state index contributed by atoms with van der Waals surface area (Å²) in [6.45, 7) is -0.209. The van der Waals surface area contributed by atoms with Crippen LogP contribution in [-0.2, 0) is 11.2 Å². The molecule has 0 aliphatic rings. The number of Topliss-reactive ketones (excluding diaryl/α,β-unsaturated/α-hetero) is 1. The van der Waals surface area contributed by atoms with Gasteiger partial charge in [0, 0.05) is 11.1 Å². The molecule has 0 fully saturated rings. The number of amides is 1. The smallest absolute Gasteiger partial charge is 0.225 e. The third-order valence-corrected chi connectivity index (χ3v) is 2.94. The second-order valence-corrected chi connectivity index (χ2v) is 4.44. The number of halogens is 2. The molecule has 0 spiro atoms. The molecule has 0 bridgehead atoms. The Morgan fingerprint density at radius 3 is 2.14 bits per heavy atom. The van der Waals surface area contributed by atoms with E-state index in [2.05, 4.69) is 5.32 Å². The van der Waals surface area contributed by atoms with Gasteiger partial charge in [0.15, 0.2) is 5.78 Å². The van der Waals surface area contributed by atoms with Crippen molar-refractivity contribution < 1.29 is 18.4 Å². The van der Waals surface area contributed by atoms with Crippen LogP contribution in [0, 0.1) is 11.6 Å². The lowest BCUT2D eigenvalue weighted by Gasteiger charge is -2.06. The molecular formula is C16H13F2NO2. The minimum absolute atomic E-state index is 0.209. The van der Waals surface area contributed by atoms with Crippen molar-refractivity contribution in [2.45, 2.75) is 6.42 Å². The minimum Gasteiger partial charge on any atom is -0.348 e. The highest BCUT2D eigenvalue weighted by molar-refractivity contribution is 5.99. The van der Waals surface area contributed by atoms with Crippen molar-refractivity contribution >= 4 is 11.7 Å². The highest BCUT2D eigenvalue weighted by Gasteiger charge is 2.14. The maximum Gasteiger partial charge on any atom is 0.225 e. The standard InChI is InChI=1S/C16H13F2NO2/c17-13-7-4-8-14(18)12(13)9-16(21)19-10-15(20)11-5-2-1-3-6-11/h1-8H,9-10H2,(H,19,21). The van der Waals surface area contributed by atoms with Crippen molar-refractivity contribution in [1.82, 2.24) is 5.32 Å². The number of carbonyl (C=O) groups is 2. The van der Waals surface area contributed by atoms with Gasteiger partial charge in [0.25, 0.3) is 0 Å². The van der Waals surface area contributed by atoms with E-state index < -0.39 is 24.0 Å². The number of carbonyl (C=O) groups excluding carboxylic acids is 2. The fraction of sp³-hybridized carbons (Fsp3) is 0.125. The lowest BCUT2D eigenvalue weighted by atomic mass is 10.1. The van der Waals surface area contributed by atoms with Crippen LogP contribution < -0.4 is 5.32 Å². The van der Waals surface area contributed by atoms with Gasteiger partial charge >= 0.3 is 0 Å². The van der Waals surface area contributed by atoms with Gasteiger partial charge in [0.05, 0.1) is 13.0 Å². The number of nitrogens with one attached hydrogen (secondary N) is 1. The lowest BCUT2D eigenvalue weighted by Crippen LogP contribution is -2.31. The second kappa shape index (κ2) is 6.74. The fourth-order valence-electron chi connectivity index (χ4n) is 1.83. The van der Waals surface area contributed by atoms with Crippen LogP contribution in [0.1, 0.15) is 15.9 Å². The van der Waals surface area contributed by atoms with Crippen LogP contribution >= 0.6 is 0 Å². The second-order valence-electron chi connectivity index (χ2n) is 4.44. The van der Waals surface area contributed by atoms with E-state index in [-0.39, 0.29) is 17.9 Å². The zero-order valence-corrected chi connectivity index (χ0v) is 11.1. The Kier molecular flexibility index (Phi) is 4.77. The molecule has 2 rings (SSSR count). The van der Waals surface area contributed by atoms with Crippen molar-refractivity contribution in [1.29, 1.82) is 0 Å². The van der Waals surface area contributed by atoms with Gasteiger partial charge in [0.2, 0.25) is 5.91 Å². The van der Waals surface area contributed by atoms with Crippen LogP contribution in [0.5, 0.6) is 0 Å². The Morgan fingerprint density at radius 2 is 1.52 bits per heavy atom. The third-order valence-electron chi connectivity index (χ3n) is 2.94. The average molecular weight is 289 g/mol. The monoisotopic (exact) mass is 289 g/mol. The highest BCUT2D eigenvalue weighted by atomic mass is 19.1. The number of benzene rings is 2. The summed E-state index contributed by atoms with van der Waals surface area (Å²) in [5.74, 6) is -2.43. The number of rotatable bonds is 5. The zero-order chi connectivity index (χ0) is 15.2. The molecule has 0 heterocycles. The minimum atomic E-state index is -0.778. The first-order chi connectivity index (χ1) is 10.1. The van der Waals surface area contributed by atoms with Crippen LogP contribution in [0.3, 0.4) is 0 Å². The highest BCUT2D eigenvalue weighted by Crippen LogP contribution is 2.12.